The fourth-order valence-corrected chi connectivity index (χ4v) is 2.28. The first kappa shape index (κ1) is 15.9. The smallest absolute Gasteiger partial charge is 0.150 e. The Labute approximate surface area is 130 Å². The normalized spacial score (nSPS) is 10.2. The molecule has 2 N–H and O–H groups in total. The van der Waals surface area contributed by atoms with Gasteiger partial charge in [-0.05, 0) is 42.8 Å². The molecule has 2 rings (SSSR count). The van der Waals surface area contributed by atoms with Crippen LogP contribution in [-0.4, -0.2) is 20.4 Å². The number of hydrogen-bond donors (Lipinski definition) is 1. The Morgan fingerprint density at radius 2 is 2.00 bits per heavy atom. The Balaban J connectivity index is 2.26. The highest BCUT2D eigenvalue weighted by Crippen LogP contribution is 2.29. The van der Waals surface area contributed by atoms with Crippen LogP contribution in [0.15, 0.2) is 36.4 Å². The first-order chi connectivity index (χ1) is 10.6. The number of hydrazine groups is 1. The zero-order valence-electron chi connectivity index (χ0n) is 13.0. The van der Waals surface area contributed by atoms with Crippen molar-refractivity contribution >= 4 is 12.0 Å². The molecule has 0 amide bonds. The van der Waals surface area contributed by atoms with Crippen molar-refractivity contribution in [2.24, 2.45) is 5.84 Å². The number of carbonyl (C=O) groups excluding carboxylic acids is 1. The van der Waals surface area contributed by atoms with Crippen LogP contribution in [0.3, 0.4) is 0 Å². The summed E-state index contributed by atoms with van der Waals surface area (Å²) in [6.07, 6.45) is 0.818. The summed E-state index contributed by atoms with van der Waals surface area (Å²) in [5, 5.41) is 1.53. The molecule has 0 aromatic heterocycles. The lowest BCUT2D eigenvalue weighted by Gasteiger charge is -2.20. The summed E-state index contributed by atoms with van der Waals surface area (Å²) in [7, 11) is 3.38. The number of methoxy groups -OCH3 is 1. The van der Waals surface area contributed by atoms with Gasteiger partial charge in [0.25, 0.3) is 0 Å². The molecule has 0 unspecified atom stereocenters. The van der Waals surface area contributed by atoms with Gasteiger partial charge in [0.05, 0.1) is 18.4 Å². The van der Waals surface area contributed by atoms with Crippen molar-refractivity contribution in [1.82, 2.24) is 0 Å². The van der Waals surface area contributed by atoms with Crippen LogP contribution < -0.4 is 20.3 Å². The van der Waals surface area contributed by atoms with Gasteiger partial charge < -0.3 is 14.5 Å². The van der Waals surface area contributed by atoms with E-state index in [9.17, 15) is 4.79 Å². The van der Waals surface area contributed by atoms with Crippen molar-refractivity contribution in [2.75, 3.05) is 19.2 Å². The summed E-state index contributed by atoms with van der Waals surface area (Å²) < 4.78 is 11.3. The summed E-state index contributed by atoms with van der Waals surface area (Å²) >= 11 is 0. The third-order valence-electron chi connectivity index (χ3n) is 3.42. The summed E-state index contributed by atoms with van der Waals surface area (Å²) in [5.74, 6) is 7.30. The molecule has 0 aliphatic carbocycles. The van der Waals surface area contributed by atoms with E-state index in [-0.39, 0.29) is 0 Å². The Bertz CT molecular complexity index is 669. The van der Waals surface area contributed by atoms with Crippen LogP contribution >= 0.6 is 0 Å². The van der Waals surface area contributed by atoms with Gasteiger partial charge >= 0.3 is 0 Å². The maximum atomic E-state index is 10.8. The van der Waals surface area contributed by atoms with Gasteiger partial charge in [0.15, 0.2) is 0 Å². The monoisotopic (exact) mass is 300 g/mol. The minimum absolute atomic E-state index is 0.322. The zero-order chi connectivity index (χ0) is 16.1. The van der Waals surface area contributed by atoms with Crippen molar-refractivity contribution in [1.29, 1.82) is 0 Å². The van der Waals surface area contributed by atoms with Crippen molar-refractivity contribution in [3.63, 3.8) is 0 Å². The van der Waals surface area contributed by atoms with Crippen LogP contribution in [0.2, 0.25) is 0 Å². The second-order valence-electron chi connectivity index (χ2n) is 5.00. The number of hydrogen-bond acceptors (Lipinski definition) is 5. The molecule has 2 aromatic carbocycles. The summed E-state index contributed by atoms with van der Waals surface area (Å²) in [6.45, 7) is 2.22. The quantitative estimate of drug-likeness (QED) is 0.505. The number of aldehydes is 1. The van der Waals surface area contributed by atoms with E-state index in [1.54, 1.807) is 32.4 Å². The van der Waals surface area contributed by atoms with Crippen molar-refractivity contribution < 1.29 is 14.3 Å². The highest BCUT2D eigenvalue weighted by molar-refractivity contribution is 5.75. The van der Waals surface area contributed by atoms with Gasteiger partial charge in [-0.1, -0.05) is 6.07 Å². The van der Waals surface area contributed by atoms with Gasteiger partial charge in [-0.25, -0.2) is 5.84 Å². The molecule has 0 fully saturated rings. The number of carbonyl (C=O) groups is 1. The molecule has 0 bridgehead atoms. The average molecular weight is 300 g/mol. The fourth-order valence-electron chi connectivity index (χ4n) is 2.28. The highest BCUT2D eigenvalue weighted by Gasteiger charge is 2.12. The number of nitrogens with two attached hydrogens (primary N) is 1. The number of aryl methyl sites for hydroxylation is 1. The lowest BCUT2D eigenvalue weighted by atomic mass is 10.1. The largest absolute Gasteiger partial charge is 0.496 e. The molecule has 116 valence electrons. The van der Waals surface area contributed by atoms with Crippen LogP contribution in [0.25, 0.3) is 0 Å². The van der Waals surface area contributed by atoms with E-state index in [0.717, 1.165) is 34.6 Å². The molecule has 0 aliphatic heterocycles. The SMILES string of the molecule is COc1cccc(N(C)N)c1COc1ccc(C=O)cc1C. The molecule has 0 heterocycles. The molecule has 0 aliphatic rings. The highest BCUT2D eigenvalue weighted by atomic mass is 16.5. The van der Waals surface area contributed by atoms with Crippen LogP contribution in [-0.2, 0) is 6.61 Å². The maximum Gasteiger partial charge on any atom is 0.150 e. The number of anilines is 1. The molecule has 0 atom stereocenters. The molecule has 0 saturated carbocycles. The van der Waals surface area contributed by atoms with Gasteiger partial charge in [0.2, 0.25) is 0 Å². The Morgan fingerprint density at radius 3 is 2.59 bits per heavy atom. The van der Waals surface area contributed by atoms with Gasteiger partial charge in [0, 0.05) is 12.6 Å². The van der Waals surface area contributed by atoms with E-state index < -0.39 is 0 Å². The van der Waals surface area contributed by atoms with Gasteiger partial charge in [-0.15, -0.1) is 0 Å². The van der Waals surface area contributed by atoms with E-state index in [2.05, 4.69) is 0 Å². The first-order valence-corrected chi connectivity index (χ1v) is 6.89. The lowest BCUT2D eigenvalue weighted by molar-refractivity contribution is 0.112. The standard InChI is InChI=1S/C17H20N2O3/c1-12-9-13(10-20)7-8-16(12)22-11-14-15(19(2)18)5-4-6-17(14)21-3/h4-10H,11,18H2,1-3H3. The summed E-state index contributed by atoms with van der Waals surface area (Å²) in [6, 6.07) is 11.0. The zero-order valence-corrected chi connectivity index (χ0v) is 13.0. The average Bonchev–Trinajstić information content (AvgIpc) is 2.53. The lowest BCUT2D eigenvalue weighted by Crippen LogP contribution is -2.26. The van der Waals surface area contributed by atoms with E-state index in [0.29, 0.717) is 12.2 Å². The molecule has 0 saturated heterocycles. The van der Waals surface area contributed by atoms with Crippen LogP contribution in [0, 0.1) is 6.92 Å². The topological polar surface area (TPSA) is 64.8 Å². The molecule has 0 spiro atoms. The number of ether oxygens (including phenoxy) is 2. The van der Waals surface area contributed by atoms with E-state index >= 15 is 0 Å². The number of nitrogens with zero attached hydrogens (tertiary/aromatic N) is 1. The van der Waals surface area contributed by atoms with Crippen LogP contribution in [0.5, 0.6) is 11.5 Å². The Morgan fingerprint density at radius 1 is 1.23 bits per heavy atom. The predicted octanol–water partition coefficient (Wildman–Crippen LogP) is 2.71. The minimum atomic E-state index is 0.322. The van der Waals surface area contributed by atoms with Crippen LogP contribution in [0.4, 0.5) is 5.69 Å². The second kappa shape index (κ2) is 6.95. The second-order valence-corrected chi connectivity index (χ2v) is 5.00. The summed E-state index contributed by atoms with van der Waals surface area (Å²) in [5.41, 5.74) is 3.24. The van der Waals surface area contributed by atoms with Crippen LogP contribution in [0.1, 0.15) is 21.5 Å². The van der Waals surface area contributed by atoms with E-state index in [1.807, 2.05) is 25.1 Å². The molecule has 2 aromatic rings. The minimum Gasteiger partial charge on any atom is -0.496 e. The number of rotatable bonds is 6. The van der Waals surface area contributed by atoms with Gasteiger partial charge in [0.1, 0.15) is 24.4 Å². The fraction of sp³-hybridized carbons (Fsp3) is 0.235. The Hall–Kier alpha value is -2.53. The maximum absolute atomic E-state index is 10.8. The molecule has 5 heteroatoms. The van der Waals surface area contributed by atoms with Gasteiger partial charge in [-0.2, -0.15) is 0 Å². The first-order valence-electron chi connectivity index (χ1n) is 6.89. The van der Waals surface area contributed by atoms with E-state index in [4.69, 9.17) is 15.3 Å². The molecule has 0 radical (unpaired) electrons. The third-order valence-corrected chi connectivity index (χ3v) is 3.42. The molecule has 22 heavy (non-hydrogen) atoms. The molecular weight excluding hydrogens is 280 g/mol. The third kappa shape index (κ3) is 3.38. The van der Waals surface area contributed by atoms with E-state index in [1.165, 1.54) is 5.01 Å². The Kier molecular flexibility index (Phi) is 5.01. The van der Waals surface area contributed by atoms with Crippen molar-refractivity contribution in [3.05, 3.63) is 53.1 Å². The van der Waals surface area contributed by atoms with Gasteiger partial charge in [-0.3, -0.25) is 4.79 Å². The molecule has 5 nitrogen and oxygen atoms in total. The summed E-state index contributed by atoms with van der Waals surface area (Å²) in [4.78, 5) is 10.8. The van der Waals surface area contributed by atoms with Crippen molar-refractivity contribution in [3.8, 4) is 11.5 Å². The van der Waals surface area contributed by atoms with Crippen molar-refractivity contribution in [2.45, 2.75) is 13.5 Å². The number of benzene rings is 2. The molecular formula is C17H20N2O3. The predicted molar refractivity (Wildman–Crippen MR) is 86.5 cm³/mol.